The van der Waals surface area contributed by atoms with Crippen molar-refractivity contribution in [2.75, 3.05) is 6.61 Å². The molecule has 3 rings (SSSR count). The smallest absolute Gasteiger partial charge is 0.347 e. The lowest BCUT2D eigenvalue weighted by molar-refractivity contribution is 0.295. The molecule has 0 fully saturated rings. The van der Waals surface area contributed by atoms with Crippen molar-refractivity contribution in [3.05, 3.63) is 52.6 Å². The van der Waals surface area contributed by atoms with Crippen LogP contribution in [0.5, 0.6) is 17.2 Å². The minimum absolute atomic E-state index is 0.00615. The number of allylic oxidation sites excluding steroid dienone is 1. The topological polar surface area (TPSA) is 100 Å². The summed E-state index contributed by atoms with van der Waals surface area (Å²) in [6.07, 6.45) is 0.989. The minimum Gasteiger partial charge on any atom is -0.513 e. The Morgan fingerprint density at radius 3 is 2.68 bits per heavy atom. The monoisotopic (exact) mass is 342 g/mol. The van der Waals surface area contributed by atoms with Crippen LogP contribution in [0.15, 0.2) is 45.8 Å². The quantitative estimate of drug-likeness (QED) is 0.281. The zero-order valence-corrected chi connectivity index (χ0v) is 13.7. The standard InChI is InChI=1S/C19H18O6/c1-10-6-12(21)7-16-17(10)14-8-13(24-5-3-4-11(2)20)9-15(22)18(14)19(23)25-16/h6-9,20-22H,2-5H2,1H3. The molecule has 25 heavy (non-hydrogen) atoms. The van der Waals surface area contributed by atoms with Crippen molar-refractivity contribution >= 4 is 21.7 Å². The van der Waals surface area contributed by atoms with Gasteiger partial charge in [-0.25, -0.2) is 4.79 Å². The molecule has 0 saturated heterocycles. The molecule has 0 aliphatic rings. The second kappa shape index (κ2) is 6.39. The maximum Gasteiger partial charge on any atom is 0.347 e. The fourth-order valence-corrected chi connectivity index (χ4v) is 2.88. The highest BCUT2D eigenvalue weighted by Gasteiger charge is 2.15. The minimum atomic E-state index is -0.687. The molecule has 0 radical (unpaired) electrons. The lowest BCUT2D eigenvalue weighted by atomic mass is 10.0. The van der Waals surface area contributed by atoms with E-state index in [9.17, 15) is 15.0 Å². The van der Waals surface area contributed by atoms with E-state index in [0.717, 1.165) is 0 Å². The van der Waals surface area contributed by atoms with E-state index >= 15 is 0 Å². The van der Waals surface area contributed by atoms with E-state index in [-0.39, 0.29) is 28.2 Å². The lowest BCUT2D eigenvalue weighted by Gasteiger charge is -2.11. The molecule has 0 spiro atoms. The molecule has 3 N–H and O–H groups in total. The summed E-state index contributed by atoms with van der Waals surface area (Å²) in [5.41, 5.74) is 0.258. The number of ether oxygens (including phenoxy) is 1. The first kappa shape index (κ1) is 16.7. The number of hydrogen-bond donors (Lipinski definition) is 3. The third kappa shape index (κ3) is 3.24. The van der Waals surface area contributed by atoms with Gasteiger partial charge in [-0.2, -0.15) is 0 Å². The van der Waals surface area contributed by atoms with Gasteiger partial charge in [0, 0.05) is 29.3 Å². The molecule has 6 heteroatoms. The zero-order valence-electron chi connectivity index (χ0n) is 13.7. The van der Waals surface area contributed by atoms with Crippen molar-refractivity contribution in [1.29, 1.82) is 0 Å². The number of hydrogen-bond acceptors (Lipinski definition) is 6. The first-order valence-electron chi connectivity index (χ1n) is 7.79. The summed E-state index contributed by atoms with van der Waals surface area (Å²) in [5.74, 6) is 0.243. The predicted molar refractivity (Wildman–Crippen MR) is 94.6 cm³/mol. The van der Waals surface area contributed by atoms with Crippen LogP contribution in [0.4, 0.5) is 0 Å². The molecule has 0 aliphatic heterocycles. The molecular weight excluding hydrogens is 324 g/mol. The van der Waals surface area contributed by atoms with Gasteiger partial charge in [0.1, 0.15) is 28.2 Å². The van der Waals surface area contributed by atoms with E-state index in [0.29, 0.717) is 41.5 Å². The lowest BCUT2D eigenvalue weighted by Crippen LogP contribution is -2.03. The molecule has 0 unspecified atom stereocenters. The largest absolute Gasteiger partial charge is 0.513 e. The summed E-state index contributed by atoms with van der Waals surface area (Å²) in [4.78, 5) is 12.2. The van der Waals surface area contributed by atoms with Crippen LogP contribution in [0.25, 0.3) is 21.7 Å². The highest BCUT2D eigenvalue weighted by molar-refractivity contribution is 6.08. The fraction of sp³-hybridized carbons (Fsp3) is 0.211. The maximum absolute atomic E-state index is 12.2. The second-order valence-electron chi connectivity index (χ2n) is 5.91. The van der Waals surface area contributed by atoms with E-state index < -0.39 is 5.63 Å². The number of fused-ring (bicyclic) bond motifs is 3. The zero-order chi connectivity index (χ0) is 18.1. The summed E-state index contributed by atoms with van der Waals surface area (Å²) < 4.78 is 10.8. The predicted octanol–water partition coefficient (Wildman–Crippen LogP) is 3.90. The van der Waals surface area contributed by atoms with Gasteiger partial charge in [0.05, 0.1) is 12.4 Å². The van der Waals surface area contributed by atoms with Crippen LogP contribution in [-0.2, 0) is 0 Å². The number of aromatic hydroxyl groups is 2. The Bertz CT molecular complexity index is 1030. The number of benzene rings is 2. The van der Waals surface area contributed by atoms with E-state index in [2.05, 4.69) is 6.58 Å². The van der Waals surface area contributed by atoms with E-state index in [1.165, 1.54) is 12.1 Å². The molecule has 0 amide bonds. The number of phenolic OH excluding ortho intramolecular Hbond substituents is 2. The van der Waals surface area contributed by atoms with Gasteiger partial charge < -0.3 is 24.5 Å². The Kier molecular flexibility index (Phi) is 4.27. The first-order valence-corrected chi connectivity index (χ1v) is 7.79. The number of aryl methyl sites for hydroxylation is 1. The Morgan fingerprint density at radius 2 is 1.96 bits per heavy atom. The summed E-state index contributed by atoms with van der Waals surface area (Å²) in [7, 11) is 0. The van der Waals surface area contributed by atoms with E-state index in [1.807, 2.05) is 0 Å². The Hall–Kier alpha value is -3.15. The van der Waals surface area contributed by atoms with Gasteiger partial charge in [-0.05, 0) is 31.0 Å². The molecule has 2 aromatic carbocycles. The Morgan fingerprint density at radius 1 is 1.20 bits per heavy atom. The van der Waals surface area contributed by atoms with E-state index in [4.69, 9.17) is 14.3 Å². The Labute approximate surface area is 143 Å². The van der Waals surface area contributed by atoms with Gasteiger partial charge in [0.15, 0.2) is 0 Å². The van der Waals surface area contributed by atoms with Gasteiger partial charge in [-0.1, -0.05) is 6.58 Å². The van der Waals surface area contributed by atoms with Gasteiger partial charge >= 0.3 is 5.63 Å². The van der Waals surface area contributed by atoms with Crippen molar-refractivity contribution in [2.45, 2.75) is 19.8 Å². The molecule has 0 saturated carbocycles. The molecule has 1 heterocycles. The first-order chi connectivity index (χ1) is 11.9. The molecule has 0 bridgehead atoms. The summed E-state index contributed by atoms with van der Waals surface area (Å²) in [6, 6.07) is 5.93. The molecule has 1 aromatic heterocycles. The van der Waals surface area contributed by atoms with Gasteiger partial charge in [0.25, 0.3) is 0 Å². The van der Waals surface area contributed by atoms with Crippen LogP contribution in [0.3, 0.4) is 0 Å². The molecule has 0 atom stereocenters. The molecule has 130 valence electrons. The number of aliphatic hydroxyl groups is 1. The van der Waals surface area contributed by atoms with Crippen LogP contribution < -0.4 is 10.4 Å². The van der Waals surface area contributed by atoms with Crippen LogP contribution >= 0.6 is 0 Å². The SMILES string of the molecule is C=C(O)CCCOc1cc(O)c2c(=O)oc3cc(O)cc(C)c3c2c1. The average molecular weight is 342 g/mol. The number of rotatable bonds is 5. The molecular formula is C19H18O6. The van der Waals surface area contributed by atoms with Gasteiger partial charge in [-0.3, -0.25) is 0 Å². The van der Waals surface area contributed by atoms with Crippen LogP contribution in [0, 0.1) is 6.92 Å². The van der Waals surface area contributed by atoms with Crippen molar-refractivity contribution < 1.29 is 24.5 Å². The van der Waals surface area contributed by atoms with Gasteiger partial charge in [0.2, 0.25) is 0 Å². The molecule has 0 aliphatic carbocycles. The third-order valence-electron chi connectivity index (χ3n) is 3.93. The van der Waals surface area contributed by atoms with Crippen molar-refractivity contribution in [1.82, 2.24) is 0 Å². The summed E-state index contributed by atoms with van der Waals surface area (Å²) in [5, 5.41) is 30.2. The summed E-state index contributed by atoms with van der Waals surface area (Å²) in [6.45, 7) is 5.51. The van der Waals surface area contributed by atoms with Crippen LogP contribution in [-0.4, -0.2) is 21.9 Å². The average Bonchev–Trinajstić information content (AvgIpc) is 2.50. The summed E-state index contributed by atoms with van der Waals surface area (Å²) >= 11 is 0. The highest BCUT2D eigenvalue weighted by Crippen LogP contribution is 2.35. The molecule has 6 nitrogen and oxygen atoms in total. The van der Waals surface area contributed by atoms with E-state index in [1.54, 1.807) is 19.1 Å². The van der Waals surface area contributed by atoms with Crippen molar-refractivity contribution in [3.63, 3.8) is 0 Å². The highest BCUT2D eigenvalue weighted by atomic mass is 16.5. The Balaban J connectivity index is 2.13. The van der Waals surface area contributed by atoms with Crippen molar-refractivity contribution in [2.24, 2.45) is 0 Å². The normalized spacial score (nSPS) is 11.1. The van der Waals surface area contributed by atoms with Crippen LogP contribution in [0.1, 0.15) is 18.4 Å². The molecule has 3 aromatic rings. The maximum atomic E-state index is 12.2. The number of aliphatic hydroxyl groups excluding tert-OH is 1. The van der Waals surface area contributed by atoms with Crippen molar-refractivity contribution in [3.8, 4) is 17.2 Å². The van der Waals surface area contributed by atoms with Crippen LogP contribution in [0.2, 0.25) is 0 Å². The fourth-order valence-electron chi connectivity index (χ4n) is 2.88. The third-order valence-corrected chi connectivity index (χ3v) is 3.93. The van der Waals surface area contributed by atoms with Gasteiger partial charge in [-0.15, -0.1) is 0 Å². The second-order valence-corrected chi connectivity index (χ2v) is 5.91. The number of phenols is 2.